The summed E-state index contributed by atoms with van der Waals surface area (Å²) < 4.78 is 10.7. The van der Waals surface area contributed by atoms with Crippen molar-refractivity contribution in [3.63, 3.8) is 0 Å². The van der Waals surface area contributed by atoms with Crippen LogP contribution in [-0.2, 0) is 4.79 Å². The Bertz CT molecular complexity index is 868. The molecule has 0 aromatic heterocycles. The van der Waals surface area contributed by atoms with Gasteiger partial charge in [0.1, 0.15) is 11.6 Å². The highest BCUT2D eigenvalue weighted by Gasteiger charge is 2.14. The van der Waals surface area contributed by atoms with E-state index in [9.17, 15) is 10.1 Å². The predicted octanol–water partition coefficient (Wildman–Crippen LogP) is 4.60. The van der Waals surface area contributed by atoms with Crippen LogP contribution in [0, 0.1) is 18.3 Å². The van der Waals surface area contributed by atoms with Crippen LogP contribution in [0.15, 0.2) is 42.0 Å². The van der Waals surface area contributed by atoms with Crippen molar-refractivity contribution in [1.29, 1.82) is 5.26 Å². The summed E-state index contributed by atoms with van der Waals surface area (Å²) in [6, 6.07) is 12.5. The minimum Gasteiger partial charge on any atom is -0.493 e. The summed E-state index contributed by atoms with van der Waals surface area (Å²) in [4.78, 5) is 12.4. The Balaban J connectivity index is 2.30. The van der Waals surface area contributed by atoms with Crippen molar-refractivity contribution >= 4 is 29.3 Å². The summed E-state index contributed by atoms with van der Waals surface area (Å²) in [5.74, 6) is 0.360. The van der Waals surface area contributed by atoms with E-state index in [2.05, 4.69) is 5.32 Å². The molecule has 0 unspecified atom stereocenters. The van der Waals surface area contributed by atoms with Crippen LogP contribution in [0.3, 0.4) is 0 Å². The van der Waals surface area contributed by atoms with Crippen LogP contribution >= 0.6 is 11.6 Å². The van der Waals surface area contributed by atoms with E-state index in [1.165, 1.54) is 13.2 Å². The van der Waals surface area contributed by atoms with E-state index >= 15 is 0 Å². The molecule has 0 aliphatic carbocycles. The highest BCUT2D eigenvalue weighted by Crippen LogP contribution is 2.37. The molecule has 0 saturated carbocycles. The lowest BCUT2D eigenvalue weighted by atomic mass is 10.1. The molecule has 2 rings (SSSR count). The molecule has 134 valence electrons. The molecule has 2 aromatic carbocycles. The molecule has 26 heavy (non-hydrogen) atoms. The highest BCUT2D eigenvalue weighted by molar-refractivity contribution is 6.32. The van der Waals surface area contributed by atoms with Crippen molar-refractivity contribution in [3.8, 4) is 17.6 Å². The number of amides is 1. The minimum absolute atomic E-state index is 0.0483. The Kier molecular flexibility index (Phi) is 6.65. The third-order valence-electron chi connectivity index (χ3n) is 3.53. The Morgan fingerprint density at radius 2 is 2.00 bits per heavy atom. The fourth-order valence-electron chi connectivity index (χ4n) is 2.26. The number of nitriles is 1. The highest BCUT2D eigenvalue weighted by atomic mass is 35.5. The molecule has 1 N–H and O–H groups in total. The van der Waals surface area contributed by atoms with Crippen LogP contribution in [0.4, 0.5) is 5.69 Å². The number of halogens is 1. The zero-order valence-electron chi connectivity index (χ0n) is 14.8. The van der Waals surface area contributed by atoms with E-state index in [0.29, 0.717) is 34.4 Å². The van der Waals surface area contributed by atoms with E-state index < -0.39 is 5.91 Å². The zero-order chi connectivity index (χ0) is 19.1. The normalized spacial score (nSPS) is 10.8. The van der Waals surface area contributed by atoms with Gasteiger partial charge in [0.05, 0.1) is 18.7 Å². The maximum atomic E-state index is 12.4. The van der Waals surface area contributed by atoms with Crippen LogP contribution in [0.1, 0.15) is 18.1 Å². The number of hydrogen-bond acceptors (Lipinski definition) is 4. The molecule has 0 aliphatic rings. The van der Waals surface area contributed by atoms with E-state index in [0.717, 1.165) is 5.56 Å². The van der Waals surface area contributed by atoms with Gasteiger partial charge in [-0.15, -0.1) is 0 Å². The molecule has 0 radical (unpaired) electrons. The van der Waals surface area contributed by atoms with Crippen molar-refractivity contribution < 1.29 is 14.3 Å². The van der Waals surface area contributed by atoms with Gasteiger partial charge in [0.15, 0.2) is 11.5 Å². The molecule has 0 spiro atoms. The summed E-state index contributed by atoms with van der Waals surface area (Å²) in [7, 11) is 1.50. The second kappa shape index (κ2) is 8.93. The Hall–Kier alpha value is -2.97. The Labute approximate surface area is 157 Å². The summed E-state index contributed by atoms with van der Waals surface area (Å²) in [6.07, 6.45) is 1.45. The topological polar surface area (TPSA) is 71.3 Å². The molecule has 0 bridgehead atoms. The molecule has 0 fully saturated rings. The first-order chi connectivity index (χ1) is 12.5. The van der Waals surface area contributed by atoms with Gasteiger partial charge in [0, 0.05) is 5.69 Å². The van der Waals surface area contributed by atoms with E-state index in [-0.39, 0.29) is 5.57 Å². The lowest BCUT2D eigenvalue weighted by Gasteiger charge is -2.12. The van der Waals surface area contributed by atoms with Gasteiger partial charge in [-0.2, -0.15) is 5.26 Å². The second-order valence-corrected chi connectivity index (χ2v) is 5.86. The lowest BCUT2D eigenvalue weighted by Crippen LogP contribution is -2.13. The number of carbonyl (C=O) groups excluding carboxylic acids is 1. The van der Waals surface area contributed by atoms with E-state index in [1.807, 2.05) is 32.0 Å². The third-order valence-corrected chi connectivity index (χ3v) is 3.81. The SMILES string of the molecule is CCOc1c(Cl)cc(/C=C(\C#N)C(=O)Nc2ccc(C)cc2)cc1OC. The first-order valence-electron chi connectivity index (χ1n) is 7.98. The fraction of sp³-hybridized carbons (Fsp3) is 0.200. The Morgan fingerprint density at radius 1 is 1.31 bits per heavy atom. The number of hydrogen-bond donors (Lipinski definition) is 1. The summed E-state index contributed by atoms with van der Waals surface area (Å²) in [6.45, 7) is 4.23. The van der Waals surface area contributed by atoms with E-state index in [1.54, 1.807) is 24.3 Å². The number of carbonyl (C=O) groups is 1. The maximum absolute atomic E-state index is 12.4. The largest absolute Gasteiger partial charge is 0.493 e. The van der Waals surface area contributed by atoms with Crippen LogP contribution in [0.25, 0.3) is 6.08 Å². The lowest BCUT2D eigenvalue weighted by molar-refractivity contribution is -0.112. The monoisotopic (exact) mass is 370 g/mol. The molecule has 5 nitrogen and oxygen atoms in total. The van der Waals surface area contributed by atoms with Gasteiger partial charge in [-0.3, -0.25) is 4.79 Å². The predicted molar refractivity (Wildman–Crippen MR) is 103 cm³/mol. The quantitative estimate of drug-likeness (QED) is 0.595. The first-order valence-corrected chi connectivity index (χ1v) is 8.36. The van der Waals surface area contributed by atoms with Gasteiger partial charge in [0.25, 0.3) is 5.91 Å². The molecule has 1 amide bonds. The number of rotatable bonds is 6. The van der Waals surface area contributed by atoms with Crippen LogP contribution in [0.2, 0.25) is 5.02 Å². The summed E-state index contributed by atoms with van der Waals surface area (Å²) >= 11 is 6.23. The van der Waals surface area contributed by atoms with Gasteiger partial charge < -0.3 is 14.8 Å². The Morgan fingerprint density at radius 3 is 2.58 bits per heavy atom. The first kappa shape index (κ1) is 19.4. The molecule has 6 heteroatoms. The number of anilines is 1. The van der Waals surface area contributed by atoms with Gasteiger partial charge >= 0.3 is 0 Å². The zero-order valence-corrected chi connectivity index (χ0v) is 15.6. The molecular formula is C20H19ClN2O3. The average molecular weight is 371 g/mol. The molecular weight excluding hydrogens is 352 g/mol. The van der Waals surface area contributed by atoms with Crippen LogP contribution < -0.4 is 14.8 Å². The second-order valence-electron chi connectivity index (χ2n) is 5.46. The van der Waals surface area contributed by atoms with E-state index in [4.69, 9.17) is 21.1 Å². The number of aryl methyl sites for hydroxylation is 1. The van der Waals surface area contributed by atoms with Crippen molar-refractivity contribution in [2.24, 2.45) is 0 Å². The van der Waals surface area contributed by atoms with Crippen LogP contribution in [-0.4, -0.2) is 19.6 Å². The van der Waals surface area contributed by atoms with Gasteiger partial charge in [-0.25, -0.2) is 0 Å². The van der Waals surface area contributed by atoms with Crippen molar-refractivity contribution in [2.75, 3.05) is 19.0 Å². The molecule has 2 aromatic rings. The molecule has 0 atom stereocenters. The molecule has 0 aliphatic heterocycles. The van der Waals surface area contributed by atoms with Gasteiger partial charge in [0.2, 0.25) is 0 Å². The number of nitrogens with zero attached hydrogens (tertiary/aromatic N) is 1. The number of nitrogens with one attached hydrogen (secondary N) is 1. The smallest absolute Gasteiger partial charge is 0.266 e. The number of methoxy groups -OCH3 is 1. The van der Waals surface area contributed by atoms with Gasteiger partial charge in [-0.05, 0) is 49.8 Å². The maximum Gasteiger partial charge on any atom is 0.266 e. The summed E-state index contributed by atoms with van der Waals surface area (Å²) in [5, 5.41) is 12.4. The molecule has 0 heterocycles. The van der Waals surface area contributed by atoms with Crippen molar-refractivity contribution in [2.45, 2.75) is 13.8 Å². The van der Waals surface area contributed by atoms with Gasteiger partial charge in [-0.1, -0.05) is 29.3 Å². The molecule has 0 saturated heterocycles. The van der Waals surface area contributed by atoms with Crippen molar-refractivity contribution in [3.05, 3.63) is 58.1 Å². The minimum atomic E-state index is -0.500. The standard InChI is InChI=1S/C20H19ClN2O3/c1-4-26-19-17(21)10-14(11-18(19)25-3)9-15(12-22)20(24)23-16-7-5-13(2)6-8-16/h5-11H,4H2,1-3H3,(H,23,24)/b15-9+. The third kappa shape index (κ3) is 4.78. The fourth-order valence-corrected chi connectivity index (χ4v) is 2.53. The number of ether oxygens (including phenoxy) is 2. The average Bonchev–Trinajstić information content (AvgIpc) is 2.63. The number of benzene rings is 2. The van der Waals surface area contributed by atoms with Crippen molar-refractivity contribution in [1.82, 2.24) is 0 Å². The summed E-state index contributed by atoms with van der Waals surface area (Å²) in [5.41, 5.74) is 2.21. The van der Waals surface area contributed by atoms with Crippen LogP contribution in [0.5, 0.6) is 11.5 Å².